The Hall–Kier alpha value is -1.34. The van der Waals surface area contributed by atoms with Crippen LogP contribution in [0.25, 0.3) is 0 Å². The molecule has 90 valence electrons. The first-order chi connectivity index (χ1) is 7.16. The number of hydrogen-bond donors (Lipinski definition) is 2. The smallest absolute Gasteiger partial charge is 0.254 e. The number of hydrogen-bond acceptors (Lipinski definition) is 5. The molecule has 0 spiro atoms. The zero-order valence-electron chi connectivity index (χ0n) is 9.26. The van der Waals surface area contributed by atoms with Crippen molar-refractivity contribution in [3.05, 3.63) is 22.0 Å². The van der Waals surface area contributed by atoms with Crippen LogP contribution < -0.4 is 11.3 Å². The summed E-state index contributed by atoms with van der Waals surface area (Å²) in [5.74, 6) is -0.609. The summed E-state index contributed by atoms with van der Waals surface area (Å²) in [6, 6.07) is 1.14. The maximum absolute atomic E-state index is 11.5. The van der Waals surface area contributed by atoms with E-state index >= 15 is 0 Å². The van der Waals surface area contributed by atoms with E-state index < -0.39 is 27.4 Å². The number of nitrogens with two attached hydrogens (primary N) is 1. The lowest BCUT2D eigenvalue weighted by Crippen LogP contribution is -2.29. The Morgan fingerprint density at radius 1 is 1.50 bits per heavy atom. The molecule has 0 amide bonds. The van der Waals surface area contributed by atoms with Gasteiger partial charge in [-0.3, -0.25) is 9.36 Å². The Labute approximate surface area is 93.2 Å². The number of pyridine rings is 1. The predicted molar refractivity (Wildman–Crippen MR) is 59.1 cm³/mol. The maximum Gasteiger partial charge on any atom is 0.254 e. The van der Waals surface area contributed by atoms with Gasteiger partial charge in [-0.2, -0.15) is 0 Å². The number of sulfone groups is 1. The van der Waals surface area contributed by atoms with Gasteiger partial charge in [0.05, 0.1) is 6.17 Å². The van der Waals surface area contributed by atoms with Crippen molar-refractivity contribution in [2.75, 3.05) is 6.26 Å². The fourth-order valence-electron chi connectivity index (χ4n) is 1.56. The van der Waals surface area contributed by atoms with Crippen molar-refractivity contribution in [1.29, 1.82) is 0 Å². The summed E-state index contributed by atoms with van der Waals surface area (Å²) in [4.78, 5) is 11.2. The predicted octanol–water partition coefficient (Wildman–Crippen LogP) is -0.257. The van der Waals surface area contributed by atoms with E-state index in [2.05, 4.69) is 0 Å². The Kier molecular flexibility index (Phi) is 3.11. The van der Waals surface area contributed by atoms with Crippen molar-refractivity contribution in [3.8, 4) is 5.88 Å². The van der Waals surface area contributed by atoms with E-state index in [9.17, 15) is 18.3 Å². The highest BCUT2D eigenvalue weighted by Gasteiger charge is 2.22. The molecule has 1 rings (SSSR count). The van der Waals surface area contributed by atoms with Crippen LogP contribution in [0.15, 0.2) is 15.8 Å². The van der Waals surface area contributed by atoms with Crippen LogP contribution >= 0.6 is 0 Å². The molecule has 0 aromatic carbocycles. The van der Waals surface area contributed by atoms with Crippen LogP contribution in [0, 0.1) is 6.92 Å². The SMILES string of the molecule is Cc1cc(=O)n(C(C)N)c(O)c1S(C)(=O)=O. The molecule has 3 N–H and O–H groups in total. The van der Waals surface area contributed by atoms with Crippen molar-refractivity contribution in [2.45, 2.75) is 24.9 Å². The Morgan fingerprint density at radius 3 is 2.38 bits per heavy atom. The average Bonchev–Trinajstić information content (AvgIpc) is 1.97. The van der Waals surface area contributed by atoms with Gasteiger partial charge in [0.15, 0.2) is 9.84 Å². The summed E-state index contributed by atoms with van der Waals surface area (Å²) < 4.78 is 23.7. The zero-order valence-corrected chi connectivity index (χ0v) is 10.1. The molecule has 1 aromatic rings. The summed E-state index contributed by atoms with van der Waals surface area (Å²) in [5, 5.41) is 9.76. The standard InChI is InChI=1S/C9H14N2O4S/c1-5-4-7(12)11(6(2)10)9(13)8(5)16(3,14)15/h4,6,13H,10H2,1-3H3. The molecule has 0 saturated carbocycles. The highest BCUT2D eigenvalue weighted by atomic mass is 32.2. The second kappa shape index (κ2) is 3.91. The highest BCUT2D eigenvalue weighted by Crippen LogP contribution is 2.25. The Balaban J connectivity index is 3.80. The molecule has 0 radical (unpaired) electrons. The third-order valence-electron chi connectivity index (χ3n) is 2.14. The fourth-order valence-corrected chi connectivity index (χ4v) is 2.64. The Morgan fingerprint density at radius 2 is 2.00 bits per heavy atom. The number of aryl methyl sites for hydroxylation is 1. The first-order valence-electron chi connectivity index (χ1n) is 4.57. The van der Waals surface area contributed by atoms with E-state index in [4.69, 9.17) is 5.73 Å². The van der Waals surface area contributed by atoms with Crippen molar-refractivity contribution in [2.24, 2.45) is 5.73 Å². The number of rotatable bonds is 2. The van der Waals surface area contributed by atoms with Gasteiger partial charge in [-0.1, -0.05) is 0 Å². The van der Waals surface area contributed by atoms with Gasteiger partial charge in [0, 0.05) is 12.3 Å². The number of aromatic hydroxyl groups is 1. The van der Waals surface area contributed by atoms with Crippen molar-refractivity contribution >= 4 is 9.84 Å². The molecule has 16 heavy (non-hydrogen) atoms. The summed E-state index contributed by atoms with van der Waals surface area (Å²) in [7, 11) is -3.60. The van der Waals surface area contributed by atoms with Crippen molar-refractivity contribution < 1.29 is 13.5 Å². The van der Waals surface area contributed by atoms with Crippen molar-refractivity contribution in [3.63, 3.8) is 0 Å². The van der Waals surface area contributed by atoms with Crippen LogP contribution in [0.4, 0.5) is 0 Å². The highest BCUT2D eigenvalue weighted by molar-refractivity contribution is 7.90. The molecule has 0 fully saturated rings. The summed E-state index contributed by atoms with van der Waals surface area (Å²) in [5.41, 5.74) is 5.17. The largest absolute Gasteiger partial charge is 0.493 e. The van der Waals surface area contributed by atoms with Gasteiger partial charge < -0.3 is 10.8 Å². The average molecular weight is 246 g/mol. The minimum absolute atomic E-state index is 0.210. The van der Waals surface area contributed by atoms with E-state index in [-0.39, 0.29) is 10.5 Å². The molecule has 7 heteroatoms. The summed E-state index contributed by atoms with van der Waals surface area (Å²) in [6.07, 6.45) is 0.166. The summed E-state index contributed by atoms with van der Waals surface area (Å²) in [6.45, 7) is 2.92. The molecular weight excluding hydrogens is 232 g/mol. The monoisotopic (exact) mass is 246 g/mol. The molecular formula is C9H14N2O4S. The molecule has 1 heterocycles. The first-order valence-corrected chi connectivity index (χ1v) is 6.46. The minimum atomic E-state index is -3.60. The molecule has 0 saturated heterocycles. The van der Waals surface area contributed by atoms with Crippen molar-refractivity contribution in [1.82, 2.24) is 4.57 Å². The van der Waals surface area contributed by atoms with E-state index in [0.717, 1.165) is 16.9 Å². The van der Waals surface area contributed by atoms with Gasteiger partial charge in [0.25, 0.3) is 5.56 Å². The molecule has 6 nitrogen and oxygen atoms in total. The van der Waals surface area contributed by atoms with E-state index in [1.165, 1.54) is 13.8 Å². The lowest BCUT2D eigenvalue weighted by molar-refractivity contribution is 0.367. The molecule has 1 atom stereocenters. The van der Waals surface area contributed by atoms with E-state index in [1.54, 1.807) is 0 Å². The molecule has 0 aliphatic rings. The first kappa shape index (κ1) is 12.7. The van der Waals surface area contributed by atoms with Gasteiger partial charge in [-0.15, -0.1) is 0 Å². The molecule has 1 aromatic heterocycles. The molecule has 0 bridgehead atoms. The van der Waals surface area contributed by atoms with E-state index in [0.29, 0.717) is 0 Å². The topological polar surface area (TPSA) is 102 Å². The molecule has 0 aliphatic heterocycles. The van der Waals surface area contributed by atoms with Crippen LogP contribution in [-0.2, 0) is 9.84 Å². The van der Waals surface area contributed by atoms with E-state index in [1.807, 2.05) is 0 Å². The second-order valence-corrected chi connectivity index (χ2v) is 5.65. The quantitative estimate of drug-likeness (QED) is 0.748. The Bertz CT molecular complexity index is 572. The lowest BCUT2D eigenvalue weighted by Gasteiger charge is -2.15. The lowest BCUT2D eigenvalue weighted by atomic mass is 10.3. The van der Waals surface area contributed by atoms with Gasteiger partial charge >= 0.3 is 0 Å². The van der Waals surface area contributed by atoms with Crippen LogP contribution in [-0.4, -0.2) is 24.3 Å². The fraction of sp³-hybridized carbons (Fsp3) is 0.444. The number of nitrogens with zero attached hydrogens (tertiary/aromatic N) is 1. The minimum Gasteiger partial charge on any atom is -0.493 e. The van der Waals surface area contributed by atoms with Crippen LogP contribution in [0.3, 0.4) is 0 Å². The summed E-state index contributed by atoms with van der Waals surface area (Å²) >= 11 is 0. The van der Waals surface area contributed by atoms with Crippen LogP contribution in [0.1, 0.15) is 18.7 Å². The third kappa shape index (κ3) is 2.10. The molecule has 1 unspecified atom stereocenters. The zero-order chi connectivity index (χ0) is 12.7. The van der Waals surface area contributed by atoms with Gasteiger partial charge in [-0.25, -0.2) is 8.42 Å². The molecule has 0 aliphatic carbocycles. The third-order valence-corrected chi connectivity index (χ3v) is 3.39. The van der Waals surface area contributed by atoms with Gasteiger partial charge in [0.1, 0.15) is 4.90 Å². The number of aromatic nitrogens is 1. The second-order valence-electron chi connectivity index (χ2n) is 3.70. The normalized spacial score (nSPS) is 13.8. The van der Waals surface area contributed by atoms with Gasteiger partial charge in [-0.05, 0) is 19.4 Å². The van der Waals surface area contributed by atoms with Gasteiger partial charge in [0.2, 0.25) is 5.88 Å². The van der Waals surface area contributed by atoms with Crippen LogP contribution in [0.5, 0.6) is 5.88 Å². The maximum atomic E-state index is 11.5. The van der Waals surface area contributed by atoms with Crippen LogP contribution in [0.2, 0.25) is 0 Å².